The number of pyridine rings is 1. The Morgan fingerprint density at radius 2 is 2.22 bits per heavy atom. The summed E-state index contributed by atoms with van der Waals surface area (Å²) in [7, 11) is 1.41. The number of H-pyrrole nitrogens is 1. The van der Waals surface area contributed by atoms with Gasteiger partial charge in [-0.2, -0.15) is 0 Å². The zero-order chi connectivity index (χ0) is 13.3. The highest BCUT2D eigenvalue weighted by Gasteiger charge is 2.17. The molecule has 0 radical (unpaired) electrons. The number of benzene rings is 1. The molecule has 0 aliphatic rings. The van der Waals surface area contributed by atoms with E-state index in [0.717, 1.165) is 12.1 Å². The lowest BCUT2D eigenvalue weighted by Crippen LogP contribution is -2.12. The second-order valence-corrected chi connectivity index (χ2v) is 3.68. The lowest BCUT2D eigenvalue weighted by Gasteiger charge is -2.03. The summed E-state index contributed by atoms with van der Waals surface area (Å²) in [5.74, 6) is -0.825. The molecule has 0 fully saturated rings. The lowest BCUT2D eigenvalue weighted by atomic mass is 10.1. The summed E-state index contributed by atoms with van der Waals surface area (Å²) in [4.78, 5) is 24.6. The molecule has 94 valence electrons. The maximum absolute atomic E-state index is 13.3. The van der Waals surface area contributed by atoms with E-state index in [9.17, 15) is 19.3 Å². The molecule has 1 N–H and O–H groups in total. The van der Waals surface area contributed by atoms with Gasteiger partial charge in [-0.05, 0) is 6.07 Å². The van der Waals surface area contributed by atoms with Gasteiger partial charge in [-0.1, -0.05) is 0 Å². The van der Waals surface area contributed by atoms with Gasteiger partial charge in [0.15, 0.2) is 5.43 Å². The summed E-state index contributed by atoms with van der Waals surface area (Å²) < 4.78 is 18.1. The second-order valence-electron chi connectivity index (χ2n) is 3.68. The minimum atomic E-state index is -0.825. The van der Waals surface area contributed by atoms with Crippen molar-refractivity contribution in [1.82, 2.24) is 4.98 Å². The fourth-order valence-electron chi connectivity index (χ4n) is 1.73. The summed E-state index contributed by atoms with van der Waals surface area (Å²) in [5.41, 5.74) is -0.657. The van der Waals surface area contributed by atoms with Crippen molar-refractivity contribution in [2.75, 3.05) is 7.11 Å². The van der Waals surface area contributed by atoms with Crippen LogP contribution in [-0.2, 0) is 11.3 Å². The number of hydrogen-bond donors (Lipinski definition) is 1. The van der Waals surface area contributed by atoms with Crippen LogP contribution in [0, 0.1) is 15.9 Å². The zero-order valence-electron chi connectivity index (χ0n) is 9.40. The maximum atomic E-state index is 13.3. The molecule has 2 rings (SSSR count). The topological polar surface area (TPSA) is 85.2 Å². The summed E-state index contributed by atoms with van der Waals surface area (Å²) in [6.07, 6.45) is 1.33. The number of nitrogens with one attached hydrogen (secondary N) is 1. The Balaban J connectivity index is 2.83. The molecule has 0 aliphatic heterocycles. The molecule has 0 aliphatic carbocycles. The fourth-order valence-corrected chi connectivity index (χ4v) is 1.73. The number of nitro groups is 1. The molecule has 0 saturated heterocycles. The third-order valence-electron chi connectivity index (χ3n) is 2.51. The molecule has 0 atom stereocenters. The summed E-state index contributed by atoms with van der Waals surface area (Å²) >= 11 is 0. The van der Waals surface area contributed by atoms with Crippen molar-refractivity contribution >= 4 is 16.6 Å². The Kier molecular flexibility index (Phi) is 3.07. The van der Waals surface area contributed by atoms with Gasteiger partial charge in [0.05, 0.1) is 23.0 Å². The van der Waals surface area contributed by atoms with E-state index in [1.54, 1.807) is 0 Å². The molecule has 1 aromatic carbocycles. The SMILES string of the molecule is COCc1c[nH]c2c([N+](=O)[O-])cc(F)cc2c1=O. The van der Waals surface area contributed by atoms with Crippen molar-refractivity contribution < 1.29 is 14.1 Å². The standard InChI is InChI=1S/C11H9FN2O4/c1-18-5-6-4-13-10-8(11(6)15)2-7(12)3-9(10)14(16)17/h2-4H,5H2,1H3,(H,13,15). The number of non-ortho nitro benzene ring substituents is 1. The van der Waals surface area contributed by atoms with Crippen molar-refractivity contribution in [3.8, 4) is 0 Å². The normalized spacial score (nSPS) is 10.8. The molecule has 6 nitrogen and oxygen atoms in total. The molecule has 0 amide bonds. The summed E-state index contributed by atoms with van der Waals surface area (Å²) in [5, 5.41) is 10.7. The number of nitro benzene ring substituents is 1. The Morgan fingerprint density at radius 1 is 1.50 bits per heavy atom. The summed E-state index contributed by atoms with van der Waals surface area (Å²) in [6, 6.07) is 1.74. The van der Waals surface area contributed by atoms with E-state index in [0.29, 0.717) is 0 Å². The quantitative estimate of drug-likeness (QED) is 0.665. The number of aromatic amines is 1. The molecule has 18 heavy (non-hydrogen) atoms. The third-order valence-corrected chi connectivity index (χ3v) is 2.51. The van der Waals surface area contributed by atoms with Crippen molar-refractivity contribution in [3.63, 3.8) is 0 Å². The predicted molar refractivity (Wildman–Crippen MR) is 61.9 cm³/mol. The highest BCUT2D eigenvalue weighted by molar-refractivity contribution is 5.87. The first-order chi connectivity index (χ1) is 8.54. The number of ether oxygens (including phenoxy) is 1. The molecule has 2 aromatic rings. The Labute approximate surface area is 100 Å². The number of halogens is 1. The van der Waals surface area contributed by atoms with Gasteiger partial charge in [0.1, 0.15) is 11.3 Å². The van der Waals surface area contributed by atoms with E-state index >= 15 is 0 Å². The lowest BCUT2D eigenvalue weighted by molar-refractivity contribution is -0.383. The Morgan fingerprint density at radius 3 is 2.83 bits per heavy atom. The number of aromatic nitrogens is 1. The van der Waals surface area contributed by atoms with Gasteiger partial charge in [-0.15, -0.1) is 0 Å². The monoisotopic (exact) mass is 252 g/mol. The van der Waals surface area contributed by atoms with E-state index in [-0.39, 0.29) is 23.1 Å². The van der Waals surface area contributed by atoms with Crippen LogP contribution in [0.25, 0.3) is 10.9 Å². The average Bonchev–Trinajstić information content (AvgIpc) is 2.32. The number of rotatable bonds is 3. The van der Waals surface area contributed by atoms with Gasteiger partial charge in [-0.25, -0.2) is 4.39 Å². The van der Waals surface area contributed by atoms with E-state index in [1.165, 1.54) is 13.3 Å². The molecule has 1 heterocycles. The maximum Gasteiger partial charge on any atom is 0.296 e. The van der Waals surface area contributed by atoms with E-state index < -0.39 is 21.9 Å². The van der Waals surface area contributed by atoms with E-state index in [4.69, 9.17) is 4.74 Å². The third kappa shape index (κ3) is 1.95. The van der Waals surface area contributed by atoms with Crippen LogP contribution < -0.4 is 5.43 Å². The number of methoxy groups -OCH3 is 1. The number of nitrogens with zero attached hydrogens (tertiary/aromatic N) is 1. The van der Waals surface area contributed by atoms with Crippen LogP contribution in [0.4, 0.5) is 10.1 Å². The Hall–Kier alpha value is -2.28. The molecular formula is C11H9FN2O4. The minimum absolute atomic E-state index is 0.00579. The van der Waals surface area contributed by atoms with E-state index in [2.05, 4.69) is 4.98 Å². The van der Waals surface area contributed by atoms with Crippen molar-refractivity contribution in [2.24, 2.45) is 0 Å². The first-order valence-electron chi connectivity index (χ1n) is 5.01. The Bertz CT molecular complexity index is 681. The molecule has 7 heteroatoms. The van der Waals surface area contributed by atoms with Gasteiger partial charge < -0.3 is 9.72 Å². The predicted octanol–water partition coefficient (Wildman–Crippen LogP) is 1.72. The molecule has 0 unspecified atom stereocenters. The van der Waals surface area contributed by atoms with Gasteiger partial charge >= 0.3 is 0 Å². The molecule has 0 bridgehead atoms. The minimum Gasteiger partial charge on any atom is -0.380 e. The highest BCUT2D eigenvalue weighted by Crippen LogP contribution is 2.23. The van der Waals surface area contributed by atoms with Crippen LogP contribution in [0.1, 0.15) is 5.56 Å². The van der Waals surface area contributed by atoms with Gasteiger partial charge in [0.25, 0.3) is 5.69 Å². The zero-order valence-corrected chi connectivity index (χ0v) is 9.40. The number of fused-ring (bicyclic) bond motifs is 1. The van der Waals surface area contributed by atoms with Gasteiger partial charge in [0, 0.05) is 18.9 Å². The second kappa shape index (κ2) is 4.53. The molecular weight excluding hydrogens is 243 g/mol. The van der Waals surface area contributed by atoms with Gasteiger partial charge in [-0.3, -0.25) is 14.9 Å². The average molecular weight is 252 g/mol. The van der Waals surface area contributed by atoms with Crippen LogP contribution in [-0.4, -0.2) is 17.0 Å². The van der Waals surface area contributed by atoms with Crippen LogP contribution in [0.3, 0.4) is 0 Å². The largest absolute Gasteiger partial charge is 0.380 e. The fraction of sp³-hybridized carbons (Fsp3) is 0.182. The van der Waals surface area contributed by atoms with Crippen molar-refractivity contribution in [3.05, 3.63) is 50.0 Å². The molecule has 1 aromatic heterocycles. The van der Waals surface area contributed by atoms with Gasteiger partial charge in [0.2, 0.25) is 0 Å². The summed E-state index contributed by atoms with van der Waals surface area (Å²) in [6.45, 7) is 0.0512. The molecule has 0 saturated carbocycles. The first kappa shape index (κ1) is 12.2. The highest BCUT2D eigenvalue weighted by atomic mass is 19.1. The van der Waals surface area contributed by atoms with Crippen molar-refractivity contribution in [1.29, 1.82) is 0 Å². The van der Waals surface area contributed by atoms with E-state index in [1.807, 2.05) is 0 Å². The number of hydrogen-bond acceptors (Lipinski definition) is 4. The van der Waals surface area contributed by atoms with Crippen LogP contribution >= 0.6 is 0 Å². The van der Waals surface area contributed by atoms with Crippen LogP contribution in [0.15, 0.2) is 23.1 Å². The first-order valence-corrected chi connectivity index (χ1v) is 5.01. The molecule has 0 spiro atoms. The van der Waals surface area contributed by atoms with Crippen LogP contribution in [0.5, 0.6) is 0 Å². The van der Waals surface area contributed by atoms with Crippen molar-refractivity contribution in [2.45, 2.75) is 6.61 Å². The van der Waals surface area contributed by atoms with Crippen LogP contribution in [0.2, 0.25) is 0 Å². The smallest absolute Gasteiger partial charge is 0.296 e.